The van der Waals surface area contributed by atoms with Gasteiger partial charge in [0.25, 0.3) is 5.91 Å². The fourth-order valence-electron chi connectivity index (χ4n) is 3.15. The minimum Gasteiger partial charge on any atom is -0.444 e. The third kappa shape index (κ3) is 3.93. The SMILES string of the molecule is Cc1nn2cccnc2c1C(=O)Nc1nc2c(s1)CN(C(=O)OC(C)(C)C)CC2. The molecule has 0 aromatic carbocycles. The average Bonchev–Trinajstić information content (AvgIpc) is 3.18. The second kappa shape index (κ2) is 7.11. The van der Waals surface area contributed by atoms with Gasteiger partial charge in [-0.2, -0.15) is 5.10 Å². The molecule has 0 unspecified atom stereocenters. The maximum absolute atomic E-state index is 12.8. The van der Waals surface area contributed by atoms with Crippen LogP contribution in [0.1, 0.15) is 47.4 Å². The van der Waals surface area contributed by atoms with Crippen LogP contribution in [0.4, 0.5) is 9.93 Å². The number of carbonyl (C=O) groups is 2. The molecule has 4 heterocycles. The Morgan fingerprint density at radius 2 is 2.10 bits per heavy atom. The summed E-state index contributed by atoms with van der Waals surface area (Å²) in [5, 5.41) is 7.68. The third-order valence-electron chi connectivity index (χ3n) is 4.40. The number of aromatic nitrogens is 4. The predicted molar refractivity (Wildman–Crippen MR) is 108 cm³/mol. The molecule has 152 valence electrons. The first-order chi connectivity index (χ1) is 13.7. The van der Waals surface area contributed by atoms with Gasteiger partial charge in [-0.15, -0.1) is 0 Å². The normalized spacial score (nSPS) is 14.0. The van der Waals surface area contributed by atoms with E-state index < -0.39 is 5.60 Å². The van der Waals surface area contributed by atoms with E-state index in [4.69, 9.17) is 4.74 Å². The van der Waals surface area contributed by atoms with Crippen molar-refractivity contribution >= 4 is 34.1 Å². The van der Waals surface area contributed by atoms with E-state index in [1.54, 1.807) is 34.8 Å². The van der Waals surface area contributed by atoms with Crippen LogP contribution in [0.3, 0.4) is 0 Å². The second-order valence-electron chi connectivity index (χ2n) is 7.84. The Morgan fingerprint density at radius 1 is 1.31 bits per heavy atom. The molecule has 29 heavy (non-hydrogen) atoms. The average molecular weight is 414 g/mol. The van der Waals surface area contributed by atoms with Gasteiger partial charge < -0.3 is 9.64 Å². The summed E-state index contributed by atoms with van der Waals surface area (Å²) in [4.78, 5) is 36.6. The molecule has 0 atom stereocenters. The van der Waals surface area contributed by atoms with Crippen molar-refractivity contribution in [1.82, 2.24) is 24.5 Å². The van der Waals surface area contributed by atoms with Gasteiger partial charge in [0.2, 0.25) is 0 Å². The van der Waals surface area contributed by atoms with Crippen molar-refractivity contribution in [3.05, 3.63) is 40.3 Å². The number of rotatable bonds is 2. The number of carbonyl (C=O) groups excluding carboxylic acids is 2. The standard InChI is InChI=1S/C19H22N6O3S/c1-11-14(15-20-7-5-8-25(15)23-11)16(26)22-17-21-12-6-9-24(10-13(12)29-17)18(27)28-19(2,3)4/h5,7-8H,6,9-10H2,1-4H3,(H,21,22,26). The molecule has 0 saturated carbocycles. The minimum atomic E-state index is -0.537. The molecule has 3 aromatic heterocycles. The number of nitrogens with zero attached hydrogens (tertiary/aromatic N) is 5. The topological polar surface area (TPSA) is 102 Å². The van der Waals surface area contributed by atoms with Crippen molar-refractivity contribution in [2.45, 2.75) is 46.3 Å². The molecule has 0 bridgehead atoms. The molecule has 0 fully saturated rings. The van der Waals surface area contributed by atoms with Gasteiger partial charge in [0.15, 0.2) is 10.8 Å². The van der Waals surface area contributed by atoms with Crippen LogP contribution < -0.4 is 5.32 Å². The summed E-state index contributed by atoms with van der Waals surface area (Å²) in [6.07, 6.45) is 3.66. The van der Waals surface area contributed by atoms with Crippen molar-refractivity contribution in [3.63, 3.8) is 0 Å². The van der Waals surface area contributed by atoms with E-state index in [0.29, 0.717) is 41.5 Å². The first-order valence-electron chi connectivity index (χ1n) is 9.29. The molecule has 1 N–H and O–H groups in total. The van der Waals surface area contributed by atoms with Crippen molar-refractivity contribution in [1.29, 1.82) is 0 Å². The van der Waals surface area contributed by atoms with Crippen molar-refractivity contribution in [2.24, 2.45) is 0 Å². The van der Waals surface area contributed by atoms with Crippen LogP contribution in [-0.4, -0.2) is 48.6 Å². The Morgan fingerprint density at radius 3 is 2.86 bits per heavy atom. The number of hydrogen-bond acceptors (Lipinski definition) is 7. The van der Waals surface area contributed by atoms with E-state index in [2.05, 4.69) is 20.4 Å². The van der Waals surface area contributed by atoms with Crippen LogP contribution in [0, 0.1) is 6.92 Å². The predicted octanol–water partition coefficient (Wildman–Crippen LogP) is 3.04. The highest BCUT2D eigenvalue weighted by atomic mass is 32.1. The van der Waals surface area contributed by atoms with Crippen LogP contribution in [0.5, 0.6) is 0 Å². The maximum Gasteiger partial charge on any atom is 0.410 e. The highest BCUT2D eigenvalue weighted by molar-refractivity contribution is 7.15. The molecule has 10 heteroatoms. The van der Waals surface area contributed by atoms with E-state index >= 15 is 0 Å². The Labute approximate surface area is 171 Å². The molecule has 9 nitrogen and oxygen atoms in total. The molecular weight excluding hydrogens is 392 g/mol. The van der Waals surface area contributed by atoms with Gasteiger partial charge in [-0.3, -0.25) is 10.1 Å². The van der Waals surface area contributed by atoms with Crippen LogP contribution in [-0.2, 0) is 17.7 Å². The molecule has 1 aliphatic heterocycles. The van der Waals surface area contributed by atoms with E-state index in [-0.39, 0.29) is 12.0 Å². The molecule has 0 radical (unpaired) electrons. The smallest absolute Gasteiger partial charge is 0.410 e. The van der Waals surface area contributed by atoms with Crippen LogP contribution in [0.15, 0.2) is 18.5 Å². The van der Waals surface area contributed by atoms with Crippen molar-refractivity contribution < 1.29 is 14.3 Å². The fraction of sp³-hybridized carbons (Fsp3) is 0.421. The molecule has 0 spiro atoms. The minimum absolute atomic E-state index is 0.300. The number of nitrogens with one attached hydrogen (secondary N) is 1. The summed E-state index contributed by atoms with van der Waals surface area (Å²) in [5.41, 5.74) is 1.89. The zero-order valence-electron chi connectivity index (χ0n) is 16.7. The molecule has 1 aliphatic rings. The first-order valence-corrected chi connectivity index (χ1v) is 10.1. The molecule has 0 aliphatic carbocycles. The van der Waals surface area contributed by atoms with E-state index in [0.717, 1.165) is 10.6 Å². The zero-order chi connectivity index (χ0) is 20.8. The fourth-order valence-corrected chi connectivity index (χ4v) is 4.17. The lowest BCUT2D eigenvalue weighted by atomic mass is 10.2. The highest BCUT2D eigenvalue weighted by Crippen LogP contribution is 2.29. The summed E-state index contributed by atoms with van der Waals surface area (Å²) in [6, 6.07) is 1.76. The number of ether oxygens (including phenoxy) is 1. The summed E-state index contributed by atoms with van der Waals surface area (Å²) in [5.74, 6) is -0.300. The molecule has 3 aromatic rings. The summed E-state index contributed by atoms with van der Waals surface area (Å²) in [6.45, 7) is 8.27. The Hall–Kier alpha value is -3.01. The number of fused-ring (bicyclic) bond motifs is 2. The first kappa shape index (κ1) is 19.3. The van der Waals surface area contributed by atoms with Gasteiger partial charge in [0.1, 0.15) is 11.2 Å². The Kier molecular flexibility index (Phi) is 4.73. The molecule has 2 amide bonds. The van der Waals surface area contributed by atoms with Crippen LogP contribution >= 0.6 is 11.3 Å². The molecule has 0 saturated heterocycles. The van der Waals surface area contributed by atoms with E-state index in [9.17, 15) is 9.59 Å². The van der Waals surface area contributed by atoms with Gasteiger partial charge >= 0.3 is 6.09 Å². The van der Waals surface area contributed by atoms with Crippen molar-refractivity contribution in [3.8, 4) is 0 Å². The number of aryl methyl sites for hydroxylation is 1. The zero-order valence-corrected chi connectivity index (χ0v) is 17.5. The number of anilines is 1. The third-order valence-corrected chi connectivity index (χ3v) is 5.40. The van der Waals surface area contributed by atoms with Gasteiger partial charge in [0, 0.05) is 30.2 Å². The summed E-state index contributed by atoms with van der Waals surface area (Å²) < 4.78 is 7.03. The Balaban J connectivity index is 1.50. The summed E-state index contributed by atoms with van der Waals surface area (Å²) >= 11 is 1.37. The lowest BCUT2D eigenvalue weighted by Gasteiger charge is -2.29. The number of hydrogen-bond donors (Lipinski definition) is 1. The van der Waals surface area contributed by atoms with E-state index in [1.807, 2.05) is 20.8 Å². The van der Waals surface area contributed by atoms with Crippen molar-refractivity contribution in [2.75, 3.05) is 11.9 Å². The van der Waals surface area contributed by atoms with Gasteiger partial charge in [-0.1, -0.05) is 11.3 Å². The van der Waals surface area contributed by atoms with Gasteiger partial charge in [0.05, 0.1) is 17.9 Å². The largest absolute Gasteiger partial charge is 0.444 e. The molecule has 4 rings (SSSR count). The second-order valence-corrected chi connectivity index (χ2v) is 8.93. The number of amides is 2. The van der Waals surface area contributed by atoms with Gasteiger partial charge in [-0.05, 0) is 33.8 Å². The summed E-state index contributed by atoms with van der Waals surface area (Å²) in [7, 11) is 0. The monoisotopic (exact) mass is 414 g/mol. The van der Waals surface area contributed by atoms with Gasteiger partial charge in [-0.25, -0.2) is 19.3 Å². The quantitative estimate of drug-likeness (QED) is 0.692. The van der Waals surface area contributed by atoms with E-state index in [1.165, 1.54) is 11.3 Å². The highest BCUT2D eigenvalue weighted by Gasteiger charge is 2.28. The van der Waals surface area contributed by atoms with Crippen LogP contribution in [0.2, 0.25) is 0 Å². The Bertz CT molecular complexity index is 1100. The maximum atomic E-state index is 12.8. The lowest BCUT2D eigenvalue weighted by Crippen LogP contribution is -2.39. The van der Waals surface area contributed by atoms with Crippen LogP contribution in [0.25, 0.3) is 5.65 Å². The molecular formula is C19H22N6O3S. The lowest BCUT2D eigenvalue weighted by molar-refractivity contribution is 0.0225. The number of thiazole rings is 1.